The van der Waals surface area contributed by atoms with Crippen LogP contribution < -0.4 is 10.0 Å². The monoisotopic (exact) mass is 314 g/mol. The average molecular weight is 314 g/mol. The van der Waals surface area contributed by atoms with Crippen molar-refractivity contribution in [2.45, 2.75) is 57.6 Å². The van der Waals surface area contributed by atoms with Gasteiger partial charge < -0.3 is 9.88 Å². The molecule has 1 aliphatic heterocycles. The van der Waals surface area contributed by atoms with Crippen LogP contribution in [0, 0.1) is 12.8 Å². The number of aromatic nitrogens is 2. The molecule has 1 aromatic rings. The minimum absolute atomic E-state index is 0.116. The summed E-state index contributed by atoms with van der Waals surface area (Å²) in [5.74, 6) is 1.26. The maximum absolute atomic E-state index is 12.3. The van der Waals surface area contributed by atoms with Crippen molar-refractivity contribution in [2.75, 3.05) is 13.1 Å². The summed E-state index contributed by atoms with van der Waals surface area (Å²) in [7, 11) is -3.53. The van der Waals surface area contributed by atoms with Crippen LogP contribution in [0.2, 0.25) is 0 Å². The molecule has 2 rings (SSSR count). The highest BCUT2D eigenvalue weighted by atomic mass is 32.2. The number of hydrogen-bond donors (Lipinski definition) is 2. The molecule has 2 N–H and O–H groups in total. The highest BCUT2D eigenvalue weighted by Crippen LogP contribution is 2.19. The standard InChI is InChI=1S/C14H26N4O2S/c1-4-12-7-6-8-15-13(12)9-16-21(19,20)14-10-18(5-2)11(3)17-14/h10,12-13,15-16H,4-9H2,1-3H3. The fourth-order valence-electron chi connectivity index (χ4n) is 2.95. The molecule has 1 aromatic heterocycles. The van der Waals surface area contributed by atoms with E-state index in [9.17, 15) is 8.42 Å². The van der Waals surface area contributed by atoms with Gasteiger partial charge in [-0.15, -0.1) is 0 Å². The molecule has 1 saturated heterocycles. The summed E-state index contributed by atoms with van der Waals surface area (Å²) in [4.78, 5) is 4.15. The third-order valence-electron chi connectivity index (χ3n) is 4.31. The summed E-state index contributed by atoms with van der Waals surface area (Å²) in [5.41, 5.74) is 0. The molecule has 0 radical (unpaired) electrons. The predicted molar refractivity (Wildman–Crippen MR) is 82.6 cm³/mol. The molecule has 0 spiro atoms. The smallest absolute Gasteiger partial charge is 0.259 e. The maximum Gasteiger partial charge on any atom is 0.259 e. The third-order valence-corrected chi connectivity index (χ3v) is 5.61. The summed E-state index contributed by atoms with van der Waals surface area (Å²) in [6.07, 6.45) is 5.01. The Kier molecular flexibility index (Phi) is 5.40. The van der Waals surface area contributed by atoms with Crippen molar-refractivity contribution in [1.82, 2.24) is 19.6 Å². The quantitative estimate of drug-likeness (QED) is 0.829. The van der Waals surface area contributed by atoms with E-state index in [0.717, 1.165) is 25.3 Å². The molecule has 2 heterocycles. The Labute approximate surface area is 127 Å². The van der Waals surface area contributed by atoms with Gasteiger partial charge in [0.2, 0.25) is 0 Å². The Morgan fingerprint density at radius 2 is 2.24 bits per heavy atom. The summed E-state index contributed by atoms with van der Waals surface area (Å²) >= 11 is 0. The van der Waals surface area contributed by atoms with Crippen LogP contribution in [0.25, 0.3) is 0 Å². The summed E-state index contributed by atoms with van der Waals surface area (Å²) < 4.78 is 29.2. The van der Waals surface area contributed by atoms with Crippen LogP contribution in [0.1, 0.15) is 38.9 Å². The molecule has 0 aliphatic carbocycles. The minimum Gasteiger partial charge on any atom is -0.334 e. The molecule has 21 heavy (non-hydrogen) atoms. The van der Waals surface area contributed by atoms with Crippen LogP contribution in [-0.2, 0) is 16.6 Å². The number of aryl methyl sites for hydroxylation is 2. The normalized spacial score (nSPS) is 23.4. The number of piperidine rings is 1. The largest absolute Gasteiger partial charge is 0.334 e. The fourth-order valence-corrected chi connectivity index (χ4v) is 4.01. The van der Waals surface area contributed by atoms with E-state index in [4.69, 9.17) is 0 Å². The molecule has 0 aromatic carbocycles. The van der Waals surface area contributed by atoms with Gasteiger partial charge in [0, 0.05) is 25.3 Å². The van der Waals surface area contributed by atoms with E-state index in [2.05, 4.69) is 21.9 Å². The molecule has 2 atom stereocenters. The van der Waals surface area contributed by atoms with Crippen molar-refractivity contribution < 1.29 is 8.42 Å². The lowest BCUT2D eigenvalue weighted by Crippen LogP contribution is -2.48. The van der Waals surface area contributed by atoms with E-state index < -0.39 is 10.0 Å². The van der Waals surface area contributed by atoms with E-state index in [0.29, 0.717) is 12.5 Å². The van der Waals surface area contributed by atoms with E-state index in [1.165, 1.54) is 12.8 Å². The van der Waals surface area contributed by atoms with Gasteiger partial charge in [-0.25, -0.2) is 18.1 Å². The number of imidazole rings is 1. The zero-order valence-electron chi connectivity index (χ0n) is 13.1. The zero-order chi connectivity index (χ0) is 15.5. The van der Waals surface area contributed by atoms with Gasteiger partial charge in [-0.1, -0.05) is 13.3 Å². The second-order valence-corrected chi connectivity index (χ2v) is 7.35. The highest BCUT2D eigenvalue weighted by molar-refractivity contribution is 7.89. The van der Waals surface area contributed by atoms with Crippen LogP contribution in [0.5, 0.6) is 0 Å². The van der Waals surface area contributed by atoms with E-state index >= 15 is 0 Å². The van der Waals surface area contributed by atoms with Gasteiger partial charge >= 0.3 is 0 Å². The number of nitrogens with one attached hydrogen (secondary N) is 2. The Morgan fingerprint density at radius 1 is 1.48 bits per heavy atom. The molecular weight excluding hydrogens is 288 g/mol. The Morgan fingerprint density at radius 3 is 2.86 bits per heavy atom. The Hall–Kier alpha value is -0.920. The van der Waals surface area contributed by atoms with Gasteiger partial charge in [-0.2, -0.15) is 0 Å². The van der Waals surface area contributed by atoms with Gasteiger partial charge in [0.05, 0.1) is 0 Å². The topological polar surface area (TPSA) is 76.0 Å². The predicted octanol–water partition coefficient (Wildman–Crippen LogP) is 1.27. The second-order valence-electron chi connectivity index (χ2n) is 5.64. The molecule has 120 valence electrons. The lowest BCUT2D eigenvalue weighted by molar-refractivity contribution is 0.273. The van der Waals surface area contributed by atoms with Crippen molar-refractivity contribution in [3.8, 4) is 0 Å². The first-order chi connectivity index (χ1) is 9.97. The van der Waals surface area contributed by atoms with E-state index in [1.54, 1.807) is 6.20 Å². The highest BCUT2D eigenvalue weighted by Gasteiger charge is 2.26. The van der Waals surface area contributed by atoms with Gasteiger partial charge in [0.15, 0.2) is 5.03 Å². The second kappa shape index (κ2) is 6.89. The fraction of sp³-hybridized carbons (Fsp3) is 0.786. The SMILES string of the molecule is CCC1CCCNC1CNS(=O)(=O)c1cn(CC)c(C)n1. The van der Waals surface area contributed by atoms with Crippen LogP contribution >= 0.6 is 0 Å². The molecule has 0 saturated carbocycles. The van der Waals surface area contributed by atoms with Crippen molar-refractivity contribution in [1.29, 1.82) is 0 Å². The van der Waals surface area contributed by atoms with Crippen molar-refractivity contribution in [2.24, 2.45) is 5.92 Å². The first-order valence-electron chi connectivity index (χ1n) is 7.74. The van der Waals surface area contributed by atoms with Gasteiger partial charge in [0.25, 0.3) is 10.0 Å². The molecule has 6 nitrogen and oxygen atoms in total. The molecule has 0 bridgehead atoms. The first kappa shape index (κ1) is 16.5. The molecule has 2 unspecified atom stereocenters. The van der Waals surface area contributed by atoms with Crippen LogP contribution in [0.4, 0.5) is 0 Å². The van der Waals surface area contributed by atoms with Crippen LogP contribution in [0.3, 0.4) is 0 Å². The molecule has 0 amide bonds. The maximum atomic E-state index is 12.3. The van der Waals surface area contributed by atoms with Crippen LogP contribution in [-0.4, -0.2) is 37.1 Å². The summed E-state index contributed by atoms with van der Waals surface area (Å²) in [6, 6.07) is 0.216. The van der Waals surface area contributed by atoms with Crippen molar-refractivity contribution in [3.63, 3.8) is 0 Å². The third kappa shape index (κ3) is 3.84. The number of hydrogen-bond acceptors (Lipinski definition) is 4. The lowest BCUT2D eigenvalue weighted by Gasteiger charge is -2.32. The summed E-state index contributed by atoms with van der Waals surface area (Å²) in [5, 5.41) is 3.54. The van der Waals surface area contributed by atoms with Crippen LogP contribution in [0.15, 0.2) is 11.2 Å². The van der Waals surface area contributed by atoms with E-state index in [-0.39, 0.29) is 11.1 Å². The van der Waals surface area contributed by atoms with Crippen molar-refractivity contribution >= 4 is 10.0 Å². The van der Waals surface area contributed by atoms with E-state index in [1.807, 2.05) is 18.4 Å². The Balaban J connectivity index is 2.03. The van der Waals surface area contributed by atoms with Gasteiger partial charge in [-0.05, 0) is 39.2 Å². The number of rotatable bonds is 6. The molecular formula is C14H26N4O2S. The molecule has 1 aliphatic rings. The zero-order valence-corrected chi connectivity index (χ0v) is 13.9. The number of sulfonamides is 1. The summed E-state index contributed by atoms with van der Waals surface area (Å²) in [6.45, 7) is 8.06. The van der Waals surface area contributed by atoms with Crippen molar-refractivity contribution in [3.05, 3.63) is 12.0 Å². The minimum atomic E-state index is -3.53. The van der Waals surface area contributed by atoms with Gasteiger partial charge in [-0.3, -0.25) is 0 Å². The molecule has 1 fully saturated rings. The first-order valence-corrected chi connectivity index (χ1v) is 9.23. The molecule has 7 heteroatoms. The lowest BCUT2D eigenvalue weighted by atomic mass is 9.89. The van der Waals surface area contributed by atoms with Gasteiger partial charge in [0.1, 0.15) is 5.82 Å². The Bertz CT molecular complexity index is 568. The number of nitrogens with zero attached hydrogens (tertiary/aromatic N) is 2. The average Bonchev–Trinajstić information content (AvgIpc) is 2.87.